The zero-order valence-electron chi connectivity index (χ0n) is 15.6. The molecule has 0 aliphatic carbocycles. The van der Waals surface area contributed by atoms with Crippen LogP contribution in [0.25, 0.3) is 11.1 Å². The topological polar surface area (TPSA) is 75.4 Å². The Labute approximate surface area is 158 Å². The Balaban J connectivity index is 1.64. The molecule has 0 N–H and O–H groups in total. The predicted octanol–water partition coefficient (Wildman–Crippen LogP) is 2.94. The molecular formula is C20H23N5O2. The monoisotopic (exact) mass is 365 g/mol. The lowest BCUT2D eigenvalue weighted by atomic mass is 10.1. The minimum atomic E-state index is 0.116. The molecule has 0 bridgehead atoms. The maximum atomic E-state index is 12.9. The third-order valence-corrected chi connectivity index (χ3v) is 5.18. The minimum Gasteiger partial charge on any atom is -0.353 e. The average molecular weight is 365 g/mol. The highest BCUT2D eigenvalue weighted by atomic mass is 16.5. The lowest BCUT2D eigenvalue weighted by Crippen LogP contribution is -2.42. The van der Waals surface area contributed by atoms with Gasteiger partial charge in [-0.15, -0.1) is 0 Å². The standard InChI is InChI=1S/C20H23N5O2/c1-3-16-12-24(19-18-14(2)23-27-20(18)22-13-21-19)10-9-17(26)25(16)11-15-7-5-4-6-8-15/h4-8,13,16H,3,9-12H2,1-2H3/t16-/m1/s1. The van der Waals surface area contributed by atoms with E-state index in [4.69, 9.17) is 4.52 Å². The molecule has 1 fully saturated rings. The summed E-state index contributed by atoms with van der Waals surface area (Å²) in [5.41, 5.74) is 2.41. The molecule has 0 spiro atoms. The molecule has 2 aromatic heterocycles. The van der Waals surface area contributed by atoms with Crippen molar-refractivity contribution in [3.05, 3.63) is 47.9 Å². The molecule has 0 radical (unpaired) electrons. The molecule has 3 aromatic rings. The van der Waals surface area contributed by atoms with E-state index in [1.54, 1.807) is 0 Å². The molecule has 0 saturated carbocycles. The van der Waals surface area contributed by atoms with E-state index in [-0.39, 0.29) is 11.9 Å². The Morgan fingerprint density at radius 2 is 2.04 bits per heavy atom. The van der Waals surface area contributed by atoms with Crippen LogP contribution in [0.4, 0.5) is 5.82 Å². The van der Waals surface area contributed by atoms with E-state index in [1.807, 2.05) is 30.0 Å². The van der Waals surface area contributed by atoms with E-state index in [0.29, 0.717) is 25.2 Å². The molecule has 4 rings (SSSR count). The Hall–Kier alpha value is -2.96. The maximum absolute atomic E-state index is 12.9. The number of carbonyl (C=O) groups excluding carboxylic acids is 1. The number of fused-ring (bicyclic) bond motifs is 1. The van der Waals surface area contributed by atoms with Gasteiger partial charge in [0.1, 0.15) is 17.5 Å². The SMILES string of the molecule is CC[C@@H]1CN(c2ncnc3onc(C)c23)CCC(=O)N1Cc1ccccc1. The van der Waals surface area contributed by atoms with Crippen LogP contribution in [-0.4, -0.2) is 45.1 Å². The molecule has 7 heteroatoms. The molecule has 1 aliphatic rings. The number of rotatable bonds is 4. The van der Waals surface area contributed by atoms with Gasteiger partial charge in [-0.1, -0.05) is 42.4 Å². The summed E-state index contributed by atoms with van der Waals surface area (Å²) in [6.07, 6.45) is 2.84. The van der Waals surface area contributed by atoms with Gasteiger partial charge in [-0.05, 0) is 18.9 Å². The van der Waals surface area contributed by atoms with E-state index in [1.165, 1.54) is 6.33 Å². The van der Waals surface area contributed by atoms with Crippen LogP contribution in [0.15, 0.2) is 41.2 Å². The maximum Gasteiger partial charge on any atom is 0.263 e. The number of nitrogens with zero attached hydrogens (tertiary/aromatic N) is 5. The molecule has 7 nitrogen and oxygen atoms in total. The average Bonchev–Trinajstić information content (AvgIpc) is 3.01. The van der Waals surface area contributed by atoms with Crippen molar-refractivity contribution in [3.8, 4) is 0 Å². The predicted molar refractivity (Wildman–Crippen MR) is 102 cm³/mol. The lowest BCUT2D eigenvalue weighted by molar-refractivity contribution is -0.133. The normalized spacial score (nSPS) is 18.1. The van der Waals surface area contributed by atoms with Crippen LogP contribution in [0, 0.1) is 6.92 Å². The first kappa shape index (κ1) is 17.5. The Bertz CT molecular complexity index is 940. The van der Waals surface area contributed by atoms with Gasteiger partial charge in [0.15, 0.2) is 0 Å². The molecule has 140 valence electrons. The summed E-state index contributed by atoms with van der Waals surface area (Å²) < 4.78 is 5.28. The van der Waals surface area contributed by atoms with Crippen molar-refractivity contribution in [2.45, 2.75) is 39.3 Å². The summed E-state index contributed by atoms with van der Waals surface area (Å²) in [6.45, 7) is 6.00. The number of hydrogen-bond acceptors (Lipinski definition) is 6. The molecule has 1 saturated heterocycles. The summed E-state index contributed by atoms with van der Waals surface area (Å²) in [5, 5.41) is 4.85. The zero-order chi connectivity index (χ0) is 18.8. The molecule has 1 aliphatic heterocycles. The van der Waals surface area contributed by atoms with Crippen molar-refractivity contribution in [1.82, 2.24) is 20.0 Å². The Morgan fingerprint density at radius 1 is 1.22 bits per heavy atom. The molecule has 1 atom stereocenters. The summed E-state index contributed by atoms with van der Waals surface area (Å²) in [4.78, 5) is 25.7. The summed E-state index contributed by atoms with van der Waals surface area (Å²) in [6, 6.07) is 10.3. The third-order valence-electron chi connectivity index (χ3n) is 5.18. The quantitative estimate of drug-likeness (QED) is 0.708. The van der Waals surface area contributed by atoms with E-state index < -0.39 is 0 Å². The van der Waals surface area contributed by atoms with Crippen LogP contribution < -0.4 is 4.90 Å². The smallest absolute Gasteiger partial charge is 0.263 e. The van der Waals surface area contributed by atoms with Gasteiger partial charge in [-0.3, -0.25) is 4.79 Å². The zero-order valence-corrected chi connectivity index (χ0v) is 15.6. The van der Waals surface area contributed by atoms with Crippen molar-refractivity contribution >= 4 is 22.8 Å². The van der Waals surface area contributed by atoms with Crippen LogP contribution in [0.5, 0.6) is 0 Å². The first-order chi connectivity index (χ1) is 13.2. The van der Waals surface area contributed by atoms with E-state index >= 15 is 0 Å². The second-order valence-electron chi connectivity index (χ2n) is 6.91. The number of aryl methyl sites for hydroxylation is 1. The summed E-state index contributed by atoms with van der Waals surface area (Å²) >= 11 is 0. The van der Waals surface area contributed by atoms with Crippen LogP contribution in [-0.2, 0) is 11.3 Å². The second-order valence-corrected chi connectivity index (χ2v) is 6.91. The fourth-order valence-electron chi connectivity index (χ4n) is 3.70. The van der Waals surface area contributed by atoms with Crippen LogP contribution in [0.3, 0.4) is 0 Å². The third kappa shape index (κ3) is 3.37. The largest absolute Gasteiger partial charge is 0.353 e. The van der Waals surface area contributed by atoms with Crippen molar-refractivity contribution in [2.24, 2.45) is 0 Å². The molecule has 1 aromatic carbocycles. The second kappa shape index (κ2) is 7.34. The summed E-state index contributed by atoms with van der Waals surface area (Å²) in [5.74, 6) is 0.979. The highest BCUT2D eigenvalue weighted by Gasteiger charge is 2.30. The van der Waals surface area contributed by atoms with Gasteiger partial charge < -0.3 is 14.3 Å². The van der Waals surface area contributed by atoms with Gasteiger partial charge in [0.2, 0.25) is 5.91 Å². The first-order valence-electron chi connectivity index (χ1n) is 9.32. The highest BCUT2D eigenvalue weighted by molar-refractivity contribution is 5.88. The summed E-state index contributed by atoms with van der Waals surface area (Å²) in [7, 11) is 0. The Morgan fingerprint density at radius 3 is 2.81 bits per heavy atom. The van der Waals surface area contributed by atoms with Gasteiger partial charge in [0.25, 0.3) is 5.71 Å². The number of hydrogen-bond donors (Lipinski definition) is 0. The molecule has 0 unspecified atom stereocenters. The van der Waals surface area contributed by atoms with Crippen LogP contribution >= 0.6 is 0 Å². The van der Waals surface area contributed by atoms with Crippen molar-refractivity contribution < 1.29 is 9.32 Å². The fraction of sp³-hybridized carbons (Fsp3) is 0.400. The lowest BCUT2D eigenvalue weighted by Gasteiger charge is -2.31. The molecule has 1 amide bonds. The number of carbonyl (C=O) groups is 1. The first-order valence-corrected chi connectivity index (χ1v) is 9.32. The van der Waals surface area contributed by atoms with E-state index in [9.17, 15) is 4.79 Å². The van der Waals surface area contributed by atoms with E-state index in [2.05, 4.69) is 39.1 Å². The van der Waals surface area contributed by atoms with Crippen LogP contribution in [0.1, 0.15) is 31.0 Å². The van der Waals surface area contributed by atoms with Gasteiger partial charge in [0.05, 0.1) is 5.69 Å². The number of benzene rings is 1. The minimum absolute atomic E-state index is 0.116. The Kier molecular flexibility index (Phi) is 4.75. The van der Waals surface area contributed by atoms with Gasteiger partial charge in [-0.25, -0.2) is 4.98 Å². The van der Waals surface area contributed by atoms with Gasteiger partial charge in [-0.2, -0.15) is 4.98 Å². The van der Waals surface area contributed by atoms with Crippen LogP contribution in [0.2, 0.25) is 0 Å². The van der Waals surface area contributed by atoms with Crippen molar-refractivity contribution in [1.29, 1.82) is 0 Å². The van der Waals surface area contributed by atoms with Gasteiger partial charge >= 0.3 is 0 Å². The molecular weight excluding hydrogens is 342 g/mol. The van der Waals surface area contributed by atoms with E-state index in [0.717, 1.165) is 35.4 Å². The molecule has 3 heterocycles. The van der Waals surface area contributed by atoms with Crippen molar-refractivity contribution in [2.75, 3.05) is 18.0 Å². The van der Waals surface area contributed by atoms with Gasteiger partial charge in [0, 0.05) is 32.1 Å². The highest BCUT2D eigenvalue weighted by Crippen LogP contribution is 2.28. The molecule has 27 heavy (non-hydrogen) atoms. The number of amides is 1. The number of anilines is 1. The fourth-order valence-corrected chi connectivity index (χ4v) is 3.70. The van der Waals surface area contributed by atoms with Crippen molar-refractivity contribution in [3.63, 3.8) is 0 Å². The number of aromatic nitrogens is 3.